The molecule has 0 spiro atoms. The van der Waals surface area contributed by atoms with Crippen LogP contribution >= 0.6 is 11.6 Å². The molecule has 1 aromatic carbocycles. The second kappa shape index (κ2) is 5.16. The van der Waals surface area contributed by atoms with E-state index in [1.54, 1.807) is 12.1 Å². The largest absolute Gasteiger partial charge is 0.368 e. The highest BCUT2D eigenvalue weighted by molar-refractivity contribution is 6.32. The molecule has 0 aliphatic carbocycles. The summed E-state index contributed by atoms with van der Waals surface area (Å²) in [5, 5.41) is 15.4. The number of non-ortho nitro benzene ring substituents is 1. The van der Waals surface area contributed by atoms with E-state index in [9.17, 15) is 10.1 Å². The first-order chi connectivity index (χ1) is 8.63. The Bertz CT molecular complexity index is 603. The fourth-order valence-electron chi connectivity index (χ4n) is 1.71. The first kappa shape index (κ1) is 12.5. The van der Waals surface area contributed by atoms with Gasteiger partial charge in [0.1, 0.15) is 5.82 Å². The molecule has 18 heavy (non-hydrogen) atoms. The molecule has 0 atom stereocenters. The van der Waals surface area contributed by atoms with Gasteiger partial charge >= 0.3 is 0 Å². The van der Waals surface area contributed by atoms with Crippen LogP contribution in [-0.4, -0.2) is 23.0 Å². The first-order valence-electron chi connectivity index (χ1n) is 5.30. The van der Waals surface area contributed by atoms with Crippen LogP contribution in [0.3, 0.4) is 0 Å². The summed E-state index contributed by atoms with van der Waals surface area (Å²) in [6.45, 7) is 0.979. The second-order valence-corrected chi connectivity index (χ2v) is 4.09. The van der Waals surface area contributed by atoms with E-state index in [0.29, 0.717) is 34.7 Å². The van der Waals surface area contributed by atoms with Crippen molar-refractivity contribution >= 4 is 33.9 Å². The van der Waals surface area contributed by atoms with Crippen LogP contribution in [0, 0.1) is 10.1 Å². The molecule has 3 N–H and O–H groups in total. The number of nitrogens with zero attached hydrogens (tertiary/aromatic N) is 2. The van der Waals surface area contributed by atoms with Crippen LogP contribution in [0.2, 0.25) is 5.02 Å². The van der Waals surface area contributed by atoms with Crippen LogP contribution in [0.25, 0.3) is 10.8 Å². The topological polar surface area (TPSA) is 94.1 Å². The normalized spacial score (nSPS) is 10.6. The number of anilines is 1. The Hall–Kier alpha value is -1.92. The van der Waals surface area contributed by atoms with Crippen LogP contribution in [0.5, 0.6) is 0 Å². The summed E-state index contributed by atoms with van der Waals surface area (Å²) in [5.41, 5.74) is 5.37. The molecule has 0 saturated heterocycles. The number of nitrogens with one attached hydrogen (secondary N) is 1. The molecule has 0 radical (unpaired) electrons. The Morgan fingerprint density at radius 1 is 1.44 bits per heavy atom. The van der Waals surface area contributed by atoms with E-state index in [-0.39, 0.29) is 5.69 Å². The van der Waals surface area contributed by atoms with Crippen molar-refractivity contribution in [3.05, 3.63) is 39.5 Å². The van der Waals surface area contributed by atoms with Gasteiger partial charge in [-0.3, -0.25) is 10.1 Å². The minimum atomic E-state index is -0.457. The van der Waals surface area contributed by atoms with Crippen LogP contribution in [0.1, 0.15) is 0 Å². The van der Waals surface area contributed by atoms with Gasteiger partial charge in [-0.2, -0.15) is 0 Å². The number of rotatable bonds is 4. The molecule has 0 aliphatic rings. The Labute approximate surface area is 108 Å². The van der Waals surface area contributed by atoms with Crippen molar-refractivity contribution in [1.29, 1.82) is 0 Å². The second-order valence-electron chi connectivity index (χ2n) is 3.65. The Kier molecular flexibility index (Phi) is 3.59. The molecule has 0 aliphatic heterocycles. The van der Waals surface area contributed by atoms with E-state index < -0.39 is 4.92 Å². The van der Waals surface area contributed by atoms with Crippen molar-refractivity contribution in [2.45, 2.75) is 0 Å². The summed E-state index contributed by atoms with van der Waals surface area (Å²) < 4.78 is 0. The summed E-state index contributed by atoms with van der Waals surface area (Å²) >= 11 is 5.89. The molecule has 0 saturated carbocycles. The minimum Gasteiger partial charge on any atom is -0.368 e. The third-order valence-corrected chi connectivity index (χ3v) is 2.67. The number of nitro benzene ring substituents is 1. The Balaban J connectivity index is 2.65. The Morgan fingerprint density at radius 2 is 2.22 bits per heavy atom. The van der Waals surface area contributed by atoms with Gasteiger partial charge in [-0.1, -0.05) is 11.6 Å². The smallest absolute Gasteiger partial charge is 0.278 e. The van der Waals surface area contributed by atoms with Crippen LogP contribution in [-0.2, 0) is 0 Å². The van der Waals surface area contributed by atoms with Gasteiger partial charge in [0.25, 0.3) is 5.69 Å². The first-order valence-corrected chi connectivity index (χ1v) is 5.68. The zero-order chi connectivity index (χ0) is 13.1. The molecule has 7 heteroatoms. The number of benzene rings is 1. The fourth-order valence-corrected chi connectivity index (χ4v) is 1.93. The predicted molar refractivity (Wildman–Crippen MR) is 71.0 cm³/mol. The summed E-state index contributed by atoms with van der Waals surface area (Å²) in [7, 11) is 0. The van der Waals surface area contributed by atoms with Crippen LogP contribution in [0.15, 0.2) is 24.4 Å². The fraction of sp³-hybridized carbons (Fsp3) is 0.182. The third-order valence-electron chi connectivity index (χ3n) is 2.46. The molecule has 0 unspecified atom stereocenters. The molecular weight excluding hydrogens is 256 g/mol. The zero-order valence-electron chi connectivity index (χ0n) is 9.39. The van der Waals surface area contributed by atoms with E-state index in [4.69, 9.17) is 17.3 Å². The van der Waals surface area contributed by atoms with E-state index in [2.05, 4.69) is 10.3 Å². The maximum absolute atomic E-state index is 11.0. The van der Waals surface area contributed by atoms with Gasteiger partial charge in [-0.15, -0.1) is 0 Å². The van der Waals surface area contributed by atoms with E-state index in [1.807, 2.05) is 0 Å². The lowest BCUT2D eigenvalue weighted by atomic mass is 10.1. The molecule has 2 rings (SSSR count). The number of fused-ring (bicyclic) bond motifs is 1. The van der Waals surface area contributed by atoms with Gasteiger partial charge in [0.15, 0.2) is 0 Å². The van der Waals surface area contributed by atoms with E-state index in [0.717, 1.165) is 0 Å². The van der Waals surface area contributed by atoms with Crippen molar-refractivity contribution in [3.63, 3.8) is 0 Å². The molecule has 0 fully saturated rings. The highest BCUT2D eigenvalue weighted by atomic mass is 35.5. The van der Waals surface area contributed by atoms with Gasteiger partial charge in [0, 0.05) is 35.8 Å². The third kappa shape index (κ3) is 2.34. The average molecular weight is 267 g/mol. The maximum Gasteiger partial charge on any atom is 0.278 e. The lowest BCUT2D eigenvalue weighted by molar-refractivity contribution is -0.383. The van der Waals surface area contributed by atoms with Crippen molar-refractivity contribution in [2.24, 2.45) is 5.73 Å². The Morgan fingerprint density at radius 3 is 2.89 bits per heavy atom. The lowest BCUT2D eigenvalue weighted by Gasteiger charge is -2.08. The average Bonchev–Trinajstić information content (AvgIpc) is 2.35. The molecule has 94 valence electrons. The minimum absolute atomic E-state index is 0.0318. The lowest BCUT2D eigenvalue weighted by Crippen LogP contribution is -2.14. The van der Waals surface area contributed by atoms with Crippen molar-refractivity contribution < 1.29 is 4.92 Å². The van der Waals surface area contributed by atoms with Gasteiger partial charge in [0.05, 0.1) is 10.3 Å². The van der Waals surface area contributed by atoms with Crippen molar-refractivity contribution in [1.82, 2.24) is 4.98 Å². The predicted octanol–water partition coefficient (Wildman–Crippen LogP) is 2.17. The number of aromatic nitrogens is 1. The van der Waals surface area contributed by atoms with E-state index >= 15 is 0 Å². The molecule has 0 amide bonds. The molecule has 1 heterocycles. The number of pyridine rings is 1. The highest BCUT2D eigenvalue weighted by Crippen LogP contribution is 2.32. The van der Waals surface area contributed by atoms with Crippen LogP contribution in [0.4, 0.5) is 11.5 Å². The van der Waals surface area contributed by atoms with Crippen molar-refractivity contribution in [3.8, 4) is 0 Å². The van der Waals surface area contributed by atoms with Crippen LogP contribution < -0.4 is 11.1 Å². The number of nitro groups is 1. The summed E-state index contributed by atoms with van der Waals surface area (Å²) in [6, 6.07) is 4.57. The summed E-state index contributed by atoms with van der Waals surface area (Å²) in [5.74, 6) is 0.545. The van der Waals surface area contributed by atoms with Gasteiger partial charge in [-0.25, -0.2) is 4.98 Å². The quantitative estimate of drug-likeness (QED) is 0.653. The monoisotopic (exact) mass is 266 g/mol. The highest BCUT2D eigenvalue weighted by Gasteiger charge is 2.15. The van der Waals surface area contributed by atoms with Gasteiger partial charge in [-0.05, 0) is 12.1 Å². The summed E-state index contributed by atoms with van der Waals surface area (Å²) in [4.78, 5) is 14.7. The molecule has 1 aromatic heterocycles. The molecule has 6 nitrogen and oxygen atoms in total. The molecule has 0 bridgehead atoms. The number of hydrogen-bond acceptors (Lipinski definition) is 5. The molecule has 2 aromatic rings. The maximum atomic E-state index is 11.0. The summed E-state index contributed by atoms with van der Waals surface area (Å²) in [6.07, 6.45) is 1.52. The van der Waals surface area contributed by atoms with Gasteiger partial charge < -0.3 is 11.1 Å². The van der Waals surface area contributed by atoms with E-state index in [1.165, 1.54) is 12.3 Å². The van der Waals surface area contributed by atoms with Crippen molar-refractivity contribution in [2.75, 3.05) is 18.4 Å². The number of hydrogen-bond donors (Lipinski definition) is 2. The number of nitrogens with two attached hydrogens (primary N) is 1. The van der Waals surface area contributed by atoms with Gasteiger partial charge in [0.2, 0.25) is 0 Å². The number of halogens is 1. The standard InChI is InChI=1S/C11H11ClN4O2/c12-7-5-9-8(10(6-7)16(17)18)1-3-14-11(9)15-4-2-13/h1,3,5-6H,2,4,13H2,(H,14,15). The SMILES string of the molecule is NCCNc1nccc2c([N+](=O)[O-])cc(Cl)cc12. The zero-order valence-corrected chi connectivity index (χ0v) is 10.1. The molecular formula is C11H11ClN4O2.